The summed E-state index contributed by atoms with van der Waals surface area (Å²) in [5, 5.41) is 0. The largest absolute Gasteiger partial charge is 0.474 e. The fraction of sp³-hybridized carbons (Fsp3) is 0.261. The summed E-state index contributed by atoms with van der Waals surface area (Å²) in [6.07, 6.45) is 3.59. The van der Waals surface area contributed by atoms with Crippen molar-refractivity contribution in [3.63, 3.8) is 0 Å². The van der Waals surface area contributed by atoms with Gasteiger partial charge in [-0.2, -0.15) is 0 Å². The van der Waals surface area contributed by atoms with Crippen molar-refractivity contribution in [3.05, 3.63) is 59.8 Å². The predicted octanol–water partition coefficient (Wildman–Crippen LogP) is 3.70. The Morgan fingerprint density at radius 1 is 1.07 bits per heavy atom. The molecule has 2 heterocycles. The van der Waals surface area contributed by atoms with Gasteiger partial charge in [0.15, 0.2) is 0 Å². The van der Waals surface area contributed by atoms with Crippen molar-refractivity contribution in [2.45, 2.75) is 0 Å². The maximum absolute atomic E-state index is 11.6. The molecule has 0 N–H and O–H groups in total. The van der Waals surface area contributed by atoms with Crippen molar-refractivity contribution in [1.29, 1.82) is 0 Å². The fourth-order valence-corrected chi connectivity index (χ4v) is 3.15. The number of fused-ring (bicyclic) bond motifs is 1. The van der Waals surface area contributed by atoms with E-state index in [0.717, 1.165) is 22.3 Å². The second-order valence-corrected chi connectivity index (χ2v) is 7.17. The van der Waals surface area contributed by atoms with Gasteiger partial charge in [0.2, 0.25) is 5.88 Å². The molecule has 0 aliphatic carbocycles. The SMILES string of the molecule is CN(C)c1ccc(C=Cc2nc3ccccc3nc2OCCN2CCOC2=O)cc1. The van der Waals surface area contributed by atoms with Gasteiger partial charge in [-0.15, -0.1) is 0 Å². The zero-order valence-corrected chi connectivity index (χ0v) is 17.1. The van der Waals surface area contributed by atoms with Gasteiger partial charge in [-0.05, 0) is 35.9 Å². The summed E-state index contributed by atoms with van der Waals surface area (Å²) in [6, 6.07) is 15.9. The number of ether oxygens (including phenoxy) is 2. The van der Waals surface area contributed by atoms with Crippen LogP contribution in [-0.2, 0) is 4.74 Å². The minimum atomic E-state index is -0.301. The van der Waals surface area contributed by atoms with Gasteiger partial charge in [-0.3, -0.25) is 0 Å². The molecule has 1 aliphatic rings. The van der Waals surface area contributed by atoms with Gasteiger partial charge in [0.25, 0.3) is 0 Å². The number of rotatable bonds is 7. The van der Waals surface area contributed by atoms with Crippen LogP contribution in [0.15, 0.2) is 48.5 Å². The van der Waals surface area contributed by atoms with Crippen LogP contribution in [0.1, 0.15) is 11.3 Å². The molecular formula is C23H24N4O3. The Kier molecular flexibility index (Phi) is 5.79. The molecule has 1 aliphatic heterocycles. The lowest BCUT2D eigenvalue weighted by Gasteiger charge is -2.14. The molecule has 3 aromatic rings. The summed E-state index contributed by atoms with van der Waals surface area (Å²) < 4.78 is 10.9. The predicted molar refractivity (Wildman–Crippen MR) is 118 cm³/mol. The standard InChI is InChI=1S/C23H24N4O3/c1-26(2)18-10-7-17(8-11-18)9-12-21-22(25-20-6-4-3-5-19(20)24-21)29-15-13-27-14-16-30-23(27)28/h3-12H,13-16H2,1-2H3. The molecule has 30 heavy (non-hydrogen) atoms. The first-order chi connectivity index (χ1) is 14.6. The van der Waals surface area contributed by atoms with Crippen molar-refractivity contribution < 1.29 is 14.3 Å². The van der Waals surface area contributed by atoms with Gasteiger partial charge in [0.1, 0.15) is 18.9 Å². The maximum atomic E-state index is 11.6. The number of nitrogens with zero attached hydrogens (tertiary/aromatic N) is 4. The summed E-state index contributed by atoms with van der Waals surface area (Å²) in [6.45, 7) is 1.78. The Morgan fingerprint density at radius 3 is 2.47 bits per heavy atom. The molecule has 154 valence electrons. The number of carbonyl (C=O) groups is 1. The molecule has 7 heteroatoms. The summed E-state index contributed by atoms with van der Waals surface area (Å²) in [5.74, 6) is 0.447. The van der Waals surface area contributed by atoms with Gasteiger partial charge in [0, 0.05) is 19.8 Å². The third kappa shape index (κ3) is 4.51. The molecule has 0 spiro atoms. The van der Waals surface area contributed by atoms with Crippen LogP contribution in [-0.4, -0.2) is 61.4 Å². The highest BCUT2D eigenvalue weighted by atomic mass is 16.6. The van der Waals surface area contributed by atoms with Crippen molar-refractivity contribution in [2.24, 2.45) is 0 Å². The smallest absolute Gasteiger partial charge is 0.410 e. The van der Waals surface area contributed by atoms with E-state index in [-0.39, 0.29) is 6.09 Å². The normalized spacial score (nSPS) is 13.8. The van der Waals surface area contributed by atoms with Crippen LogP contribution in [0, 0.1) is 0 Å². The molecule has 0 unspecified atom stereocenters. The maximum Gasteiger partial charge on any atom is 0.410 e. The summed E-state index contributed by atoms with van der Waals surface area (Å²) in [5.41, 5.74) is 4.41. The molecular weight excluding hydrogens is 380 g/mol. The van der Waals surface area contributed by atoms with E-state index in [1.165, 1.54) is 0 Å². The van der Waals surface area contributed by atoms with E-state index in [0.29, 0.717) is 37.9 Å². The first-order valence-electron chi connectivity index (χ1n) is 9.87. The quantitative estimate of drug-likeness (QED) is 0.598. The molecule has 0 bridgehead atoms. The van der Waals surface area contributed by atoms with E-state index in [1.54, 1.807) is 4.90 Å². The third-order valence-corrected chi connectivity index (χ3v) is 4.85. The lowest BCUT2D eigenvalue weighted by molar-refractivity contribution is 0.152. The topological polar surface area (TPSA) is 67.8 Å². The molecule has 1 aromatic heterocycles. The first-order valence-corrected chi connectivity index (χ1v) is 9.87. The number of anilines is 1. The highest BCUT2D eigenvalue weighted by molar-refractivity contribution is 5.79. The van der Waals surface area contributed by atoms with Gasteiger partial charge in [-0.1, -0.05) is 30.3 Å². The Morgan fingerprint density at radius 2 is 1.80 bits per heavy atom. The number of hydrogen-bond acceptors (Lipinski definition) is 6. The molecule has 0 saturated carbocycles. The summed E-state index contributed by atoms with van der Waals surface area (Å²) in [7, 11) is 4.03. The minimum absolute atomic E-state index is 0.301. The van der Waals surface area contributed by atoms with Gasteiger partial charge in [0.05, 0.1) is 24.1 Å². The number of amides is 1. The van der Waals surface area contributed by atoms with E-state index < -0.39 is 0 Å². The average Bonchev–Trinajstić information content (AvgIpc) is 3.17. The Balaban J connectivity index is 1.55. The molecule has 1 fully saturated rings. The van der Waals surface area contributed by atoms with E-state index in [9.17, 15) is 4.79 Å². The molecule has 1 saturated heterocycles. The van der Waals surface area contributed by atoms with Crippen molar-refractivity contribution in [1.82, 2.24) is 14.9 Å². The highest BCUT2D eigenvalue weighted by Crippen LogP contribution is 2.22. The fourth-order valence-electron chi connectivity index (χ4n) is 3.15. The van der Waals surface area contributed by atoms with Crippen LogP contribution in [0.2, 0.25) is 0 Å². The lowest BCUT2D eigenvalue weighted by Crippen LogP contribution is -2.29. The Hall–Kier alpha value is -3.61. The molecule has 7 nitrogen and oxygen atoms in total. The molecule has 4 rings (SSSR count). The van der Waals surface area contributed by atoms with Gasteiger partial charge in [-0.25, -0.2) is 14.8 Å². The molecule has 2 aromatic carbocycles. The number of carbonyl (C=O) groups excluding carboxylic acids is 1. The van der Waals surface area contributed by atoms with E-state index in [2.05, 4.69) is 34.1 Å². The minimum Gasteiger partial charge on any atom is -0.474 e. The second-order valence-electron chi connectivity index (χ2n) is 7.17. The molecule has 0 atom stereocenters. The average molecular weight is 404 g/mol. The number of aromatic nitrogens is 2. The number of hydrogen-bond donors (Lipinski definition) is 0. The zero-order valence-electron chi connectivity index (χ0n) is 17.1. The van der Waals surface area contributed by atoms with Crippen LogP contribution >= 0.6 is 0 Å². The number of cyclic esters (lactones) is 1. The van der Waals surface area contributed by atoms with E-state index in [4.69, 9.17) is 14.5 Å². The van der Waals surface area contributed by atoms with Crippen molar-refractivity contribution in [2.75, 3.05) is 45.3 Å². The highest BCUT2D eigenvalue weighted by Gasteiger charge is 2.21. The van der Waals surface area contributed by atoms with Crippen LogP contribution in [0.3, 0.4) is 0 Å². The Labute approximate surface area is 175 Å². The lowest BCUT2D eigenvalue weighted by atomic mass is 10.1. The Bertz CT molecular complexity index is 1060. The monoisotopic (exact) mass is 404 g/mol. The number of para-hydroxylation sites is 2. The molecule has 0 radical (unpaired) electrons. The van der Waals surface area contributed by atoms with Crippen LogP contribution in [0.25, 0.3) is 23.2 Å². The van der Waals surface area contributed by atoms with Crippen LogP contribution < -0.4 is 9.64 Å². The first kappa shape index (κ1) is 19.7. The van der Waals surface area contributed by atoms with E-state index >= 15 is 0 Å². The van der Waals surface area contributed by atoms with Crippen molar-refractivity contribution in [3.8, 4) is 5.88 Å². The third-order valence-electron chi connectivity index (χ3n) is 4.85. The van der Waals surface area contributed by atoms with Crippen LogP contribution in [0.5, 0.6) is 5.88 Å². The zero-order chi connectivity index (χ0) is 20.9. The summed E-state index contributed by atoms with van der Waals surface area (Å²) >= 11 is 0. The second kappa shape index (κ2) is 8.82. The van der Waals surface area contributed by atoms with Crippen molar-refractivity contribution >= 4 is 35.0 Å². The molecule has 1 amide bonds. The summed E-state index contributed by atoms with van der Waals surface area (Å²) in [4.78, 5) is 24.6. The van der Waals surface area contributed by atoms with Crippen LogP contribution in [0.4, 0.5) is 10.5 Å². The number of benzene rings is 2. The van der Waals surface area contributed by atoms with E-state index in [1.807, 2.05) is 50.5 Å². The van der Waals surface area contributed by atoms with Gasteiger partial charge >= 0.3 is 6.09 Å². The van der Waals surface area contributed by atoms with Gasteiger partial charge < -0.3 is 19.3 Å².